The second-order valence-electron chi connectivity index (χ2n) is 2.38. The van der Waals surface area contributed by atoms with Crippen LogP contribution < -0.4 is 5.32 Å². The summed E-state index contributed by atoms with van der Waals surface area (Å²) in [5.41, 5.74) is 1.32. The molecule has 0 atom stereocenters. The third-order valence-electron chi connectivity index (χ3n) is 1.55. The maximum atomic E-state index is 11.1. The Bertz CT molecular complexity index is 301. The van der Waals surface area contributed by atoms with E-state index in [0.717, 1.165) is 5.69 Å². The van der Waals surface area contributed by atoms with Crippen molar-refractivity contribution in [1.82, 2.24) is 0 Å². The van der Waals surface area contributed by atoms with Gasteiger partial charge >= 0.3 is 5.97 Å². The van der Waals surface area contributed by atoms with Crippen molar-refractivity contribution in [3.05, 3.63) is 29.8 Å². The zero-order valence-electron chi connectivity index (χ0n) is 7.21. The molecule has 0 saturated heterocycles. The maximum Gasteiger partial charge on any atom is 0.337 e. The molecule has 0 aliphatic rings. The van der Waals surface area contributed by atoms with Crippen LogP contribution in [0.2, 0.25) is 0 Å². The number of alkyl halides is 1. The molecule has 1 aromatic carbocycles. The van der Waals surface area contributed by atoms with Crippen molar-refractivity contribution in [2.75, 3.05) is 18.4 Å². The van der Waals surface area contributed by atoms with Gasteiger partial charge in [0.2, 0.25) is 0 Å². The number of halogens is 1. The van der Waals surface area contributed by atoms with Gasteiger partial charge in [-0.3, -0.25) is 0 Å². The second kappa shape index (κ2) is 4.72. The van der Waals surface area contributed by atoms with E-state index in [0.29, 0.717) is 11.6 Å². The fourth-order valence-electron chi connectivity index (χ4n) is 0.951. The first-order valence-electron chi connectivity index (χ1n) is 3.76. The van der Waals surface area contributed by atoms with Crippen molar-refractivity contribution in [2.45, 2.75) is 0 Å². The van der Waals surface area contributed by atoms with Gasteiger partial charge < -0.3 is 10.1 Å². The average Bonchev–Trinajstić information content (AvgIpc) is 2.18. The number of ether oxygens (including phenoxy) is 1. The monoisotopic (exact) mass is 199 g/mol. The van der Waals surface area contributed by atoms with E-state index in [2.05, 4.69) is 10.1 Å². The highest BCUT2D eigenvalue weighted by molar-refractivity contribution is 6.18. The summed E-state index contributed by atoms with van der Waals surface area (Å²) in [6, 6.07) is 7.28. The number of esters is 1. The molecule has 0 saturated carbocycles. The van der Waals surface area contributed by atoms with Gasteiger partial charge in [0.15, 0.2) is 0 Å². The van der Waals surface area contributed by atoms with Crippen LogP contribution in [0.15, 0.2) is 24.3 Å². The Kier molecular flexibility index (Phi) is 3.58. The van der Waals surface area contributed by atoms with Crippen LogP contribution in [-0.4, -0.2) is 19.1 Å². The van der Waals surface area contributed by atoms with Crippen LogP contribution in [0, 0.1) is 0 Å². The van der Waals surface area contributed by atoms with Gasteiger partial charge in [-0.2, -0.15) is 0 Å². The molecular weight excluding hydrogens is 190 g/mol. The van der Waals surface area contributed by atoms with Gasteiger partial charge in [-0.05, 0) is 18.2 Å². The molecule has 0 aliphatic heterocycles. The molecule has 1 N–H and O–H groups in total. The summed E-state index contributed by atoms with van der Waals surface area (Å²) >= 11 is 5.47. The van der Waals surface area contributed by atoms with Gasteiger partial charge in [0.1, 0.15) is 0 Å². The lowest BCUT2D eigenvalue weighted by atomic mass is 10.2. The minimum absolute atomic E-state index is 0.310. The lowest BCUT2D eigenvalue weighted by molar-refractivity contribution is 0.0601. The van der Waals surface area contributed by atoms with Crippen LogP contribution in [-0.2, 0) is 4.74 Å². The van der Waals surface area contributed by atoms with Crippen LogP contribution >= 0.6 is 11.6 Å². The van der Waals surface area contributed by atoms with Gasteiger partial charge in [-0.15, -0.1) is 11.6 Å². The summed E-state index contributed by atoms with van der Waals surface area (Å²) < 4.78 is 4.57. The molecule has 0 aromatic heterocycles. The number of carbonyl (C=O) groups excluding carboxylic acids is 1. The molecule has 0 unspecified atom stereocenters. The Morgan fingerprint density at radius 2 is 2.38 bits per heavy atom. The zero-order chi connectivity index (χ0) is 9.68. The van der Waals surface area contributed by atoms with E-state index in [9.17, 15) is 4.79 Å². The van der Waals surface area contributed by atoms with Gasteiger partial charge in [0.25, 0.3) is 0 Å². The zero-order valence-corrected chi connectivity index (χ0v) is 7.97. The summed E-state index contributed by atoms with van der Waals surface area (Å²) in [4.78, 5) is 11.1. The summed E-state index contributed by atoms with van der Waals surface area (Å²) in [5.74, 6) is -0.349. The van der Waals surface area contributed by atoms with E-state index in [1.54, 1.807) is 18.2 Å². The molecule has 0 amide bonds. The second-order valence-corrected chi connectivity index (χ2v) is 2.65. The van der Waals surface area contributed by atoms with E-state index < -0.39 is 0 Å². The van der Waals surface area contributed by atoms with Crippen molar-refractivity contribution in [3.8, 4) is 0 Å². The number of methoxy groups -OCH3 is 1. The van der Waals surface area contributed by atoms with Gasteiger partial charge in [-0.25, -0.2) is 4.79 Å². The highest BCUT2D eigenvalue weighted by Crippen LogP contribution is 2.11. The molecule has 13 heavy (non-hydrogen) atoms. The largest absolute Gasteiger partial charge is 0.465 e. The first-order chi connectivity index (χ1) is 6.27. The molecule has 0 bridgehead atoms. The highest BCUT2D eigenvalue weighted by Gasteiger charge is 2.04. The summed E-state index contributed by atoms with van der Waals surface area (Å²) in [5, 5.41) is 2.88. The third-order valence-corrected chi connectivity index (χ3v) is 1.69. The Morgan fingerprint density at radius 3 is 3.00 bits per heavy atom. The summed E-state index contributed by atoms with van der Waals surface area (Å²) in [7, 11) is 1.35. The van der Waals surface area contributed by atoms with Crippen LogP contribution in [0.5, 0.6) is 0 Å². The first-order valence-corrected chi connectivity index (χ1v) is 4.29. The predicted octanol–water partition coefficient (Wildman–Crippen LogP) is 2.08. The van der Waals surface area contributed by atoms with Crippen molar-refractivity contribution in [1.29, 1.82) is 0 Å². The first kappa shape index (κ1) is 9.86. The fraction of sp³-hybridized carbons (Fsp3) is 0.222. The average molecular weight is 200 g/mol. The number of carbonyl (C=O) groups is 1. The summed E-state index contributed by atoms with van der Waals surface area (Å²) in [6.07, 6.45) is 0. The molecule has 3 nitrogen and oxygen atoms in total. The molecule has 0 aliphatic carbocycles. The number of benzene rings is 1. The van der Waals surface area contributed by atoms with Crippen molar-refractivity contribution < 1.29 is 9.53 Å². The SMILES string of the molecule is COC(=O)c1cccc(NCCl)c1. The molecule has 1 aromatic rings. The maximum absolute atomic E-state index is 11.1. The lowest BCUT2D eigenvalue weighted by Gasteiger charge is -2.03. The predicted molar refractivity (Wildman–Crippen MR) is 52.1 cm³/mol. The van der Waals surface area contributed by atoms with Crippen LogP contribution in [0.4, 0.5) is 5.69 Å². The molecule has 0 heterocycles. The van der Waals surface area contributed by atoms with Crippen molar-refractivity contribution in [3.63, 3.8) is 0 Å². The van der Waals surface area contributed by atoms with Gasteiger partial charge in [0, 0.05) is 5.69 Å². The number of anilines is 1. The summed E-state index contributed by atoms with van der Waals surface area (Å²) in [6.45, 7) is 0. The number of hydrogen-bond donors (Lipinski definition) is 1. The molecule has 0 spiro atoms. The smallest absolute Gasteiger partial charge is 0.337 e. The van der Waals surface area contributed by atoms with Crippen LogP contribution in [0.3, 0.4) is 0 Å². The normalized spacial score (nSPS) is 9.38. The Balaban J connectivity index is 2.85. The quantitative estimate of drug-likeness (QED) is 0.460. The standard InChI is InChI=1S/C9H10ClNO2/c1-13-9(12)7-3-2-4-8(5-7)11-6-10/h2-5,11H,6H2,1H3. The van der Waals surface area contributed by atoms with Gasteiger partial charge in [-0.1, -0.05) is 6.07 Å². The van der Waals surface area contributed by atoms with E-state index in [1.807, 2.05) is 6.07 Å². The van der Waals surface area contributed by atoms with E-state index in [-0.39, 0.29) is 5.97 Å². The van der Waals surface area contributed by atoms with E-state index in [1.165, 1.54) is 7.11 Å². The number of hydrogen-bond acceptors (Lipinski definition) is 3. The molecule has 0 radical (unpaired) electrons. The number of rotatable bonds is 3. The van der Waals surface area contributed by atoms with E-state index >= 15 is 0 Å². The van der Waals surface area contributed by atoms with E-state index in [4.69, 9.17) is 11.6 Å². The number of nitrogens with one attached hydrogen (secondary N) is 1. The minimum Gasteiger partial charge on any atom is -0.465 e. The topological polar surface area (TPSA) is 38.3 Å². The van der Waals surface area contributed by atoms with Crippen LogP contribution in [0.25, 0.3) is 0 Å². The van der Waals surface area contributed by atoms with Crippen LogP contribution in [0.1, 0.15) is 10.4 Å². The Morgan fingerprint density at radius 1 is 1.62 bits per heavy atom. The molecule has 0 fully saturated rings. The van der Waals surface area contributed by atoms with Crippen molar-refractivity contribution >= 4 is 23.3 Å². The Hall–Kier alpha value is -1.22. The fourth-order valence-corrected chi connectivity index (χ4v) is 1.11. The molecule has 1 rings (SSSR count). The molecular formula is C9H10ClNO2. The Labute approximate surface area is 81.7 Å². The van der Waals surface area contributed by atoms with Crippen molar-refractivity contribution in [2.24, 2.45) is 0 Å². The third kappa shape index (κ3) is 2.63. The lowest BCUT2D eigenvalue weighted by Crippen LogP contribution is -2.02. The highest BCUT2D eigenvalue weighted by atomic mass is 35.5. The van der Waals surface area contributed by atoms with Gasteiger partial charge in [0.05, 0.1) is 18.7 Å². The molecule has 70 valence electrons. The molecule has 4 heteroatoms. The minimum atomic E-state index is -0.349.